The molecule has 1 rings (SSSR count). The Morgan fingerprint density at radius 2 is 2.00 bits per heavy atom. The van der Waals surface area contributed by atoms with Gasteiger partial charge in [0.05, 0.1) is 15.5 Å². The Kier molecular flexibility index (Phi) is 6.22. The minimum atomic E-state index is -3.78. The van der Waals surface area contributed by atoms with E-state index in [2.05, 4.69) is 15.9 Å². The first-order valence-corrected chi connectivity index (χ1v) is 8.98. The van der Waals surface area contributed by atoms with E-state index in [-0.39, 0.29) is 26.0 Å². The average molecular weight is 399 g/mol. The number of hydrogen-bond acceptors (Lipinski definition) is 3. The van der Waals surface area contributed by atoms with Crippen LogP contribution in [0.3, 0.4) is 0 Å². The Morgan fingerprint density at radius 1 is 1.43 bits per heavy atom. The van der Waals surface area contributed by atoms with E-state index in [1.54, 1.807) is 13.8 Å². The topological polar surface area (TPSA) is 74.7 Å². The molecule has 0 bridgehead atoms. The molecule has 0 saturated carbocycles. The highest BCUT2D eigenvalue weighted by molar-refractivity contribution is 9.10. The number of carboxylic acid groups (broad SMARTS) is 1. The molecule has 0 heterocycles. The third-order valence-electron chi connectivity index (χ3n) is 2.86. The van der Waals surface area contributed by atoms with E-state index in [9.17, 15) is 13.2 Å². The summed E-state index contributed by atoms with van der Waals surface area (Å²) in [5.41, 5.74) is -0.246. The molecule has 5 nitrogen and oxygen atoms in total. The van der Waals surface area contributed by atoms with E-state index in [4.69, 9.17) is 16.7 Å². The quantitative estimate of drug-likeness (QED) is 0.794. The number of benzene rings is 1. The SMILES string of the molecule is CCCN(C(C)C)S(=O)(=O)c1cc(Br)c(Cl)c(C(=O)O)c1. The lowest BCUT2D eigenvalue weighted by atomic mass is 10.2. The van der Waals surface area contributed by atoms with Crippen molar-refractivity contribution in [3.8, 4) is 0 Å². The van der Waals surface area contributed by atoms with Gasteiger partial charge in [-0.2, -0.15) is 4.31 Å². The van der Waals surface area contributed by atoms with Crippen LogP contribution in [0.15, 0.2) is 21.5 Å². The van der Waals surface area contributed by atoms with Crippen LogP contribution in [0.25, 0.3) is 0 Å². The number of nitrogens with zero attached hydrogens (tertiary/aromatic N) is 1. The Labute approximate surface area is 138 Å². The zero-order valence-electron chi connectivity index (χ0n) is 11.9. The van der Waals surface area contributed by atoms with Crippen LogP contribution in [-0.4, -0.2) is 36.4 Å². The predicted molar refractivity (Wildman–Crippen MR) is 85.4 cm³/mol. The highest BCUT2D eigenvalue weighted by Crippen LogP contribution is 2.31. The van der Waals surface area contributed by atoms with Gasteiger partial charge in [-0.1, -0.05) is 18.5 Å². The molecule has 1 N–H and O–H groups in total. The fourth-order valence-corrected chi connectivity index (χ4v) is 4.46. The minimum Gasteiger partial charge on any atom is -0.478 e. The second-order valence-electron chi connectivity index (χ2n) is 4.78. The van der Waals surface area contributed by atoms with Crippen molar-refractivity contribution in [1.29, 1.82) is 0 Å². The summed E-state index contributed by atoms with van der Waals surface area (Å²) in [7, 11) is -3.78. The molecule has 0 radical (unpaired) electrons. The maximum atomic E-state index is 12.7. The standard InChI is InChI=1S/C13H17BrClNO4S/c1-4-5-16(8(2)3)21(19,20)9-6-10(13(17)18)12(15)11(14)7-9/h6-8H,4-5H2,1-3H3,(H,17,18). The van der Waals surface area contributed by atoms with Crippen LogP contribution in [0.1, 0.15) is 37.6 Å². The summed E-state index contributed by atoms with van der Waals surface area (Å²) in [5.74, 6) is -1.27. The van der Waals surface area contributed by atoms with Crippen LogP contribution in [0.4, 0.5) is 0 Å². The van der Waals surface area contributed by atoms with Crippen molar-refractivity contribution < 1.29 is 18.3 Å². The first-order valence-electron chi connectivity index (χ1n) is 6.37. The van der Waals surface area contributed by atoms with E-state index in [0.29, 0.717) is 13.0 Å². The number of carbonyl (C=O) groups is 1. The highest BCUT2D eigenvalue weighted by atomic mass is 79.9. The molecule has 0 aliphatic rings. The van der Waals surface area contributed by atoms with Gasteiger partial charge in [-0.3, -0.25) is 0 Å². The van der Waals surface area contributed by atoms with Crippen molar-refractivity contribution in [2.45, 2.75) is 38.1 Å². The molecule has 0 aliphatic heterocycles. The van der Waals surface area contributed by atoms with Crippen LogP contribution < -0.4 is 0 Å². The van der Waals surface area contributed by atoms with Crippen molar-refractivity contribution in [3.05, 3.63) is 27.2 Å². The van der Waals surface area contributed by atoms with Crippen molar-refractivity contribution in [2.75, 3.05) is 6.54 Å². The maximum Gasteiger partial charge on any atom is 0.337 e. The minimum absolute atomic E-state index is 0.0203. The van der Waals surface area contributed by atoms with Crippen molar-refractivity contribution >= 4 is 43.5 Å². The Bertz CT molecular complexity index is 646. The Hall–Kier alpha value is -0.630. The van der Waals surface area contributed by atoms with Gasteiger partial charge in [0.1, 0.15) is 0 Å². The summed E-state index contributed by atoms with van der Waals surface area (Å²) in [6.45, 7) is 5.79. The van der Waals surface area contributed by atoms with Gasteiger partial charge in [0, 0.05) is 17.1 Å². The molecule has 118 valence electrons. The molecule has 0 unspecified atom stereocenters. The fraction of sp³-hybridized carbons (Fsp3) is 0.462. The van der Waals surface area contributed by atoms with Gasteiger partial charge in [0.2, 0.25) is 10.0 Å². The van der Waals surface area contributed by atoms with Gasteiger partial charge in [-0.25, -0.2) is 13.2 Å². The molecule has 0 spiro atoms. The van der Waals surface area contributed by atoms with Gasteiger partial charge < -0.3 is 5.11 Å². The number of sulfonamides is 1. The number of carboxylic acids is 1. The van der Waals surface area contributed by atoms with E-state index < -0.39 is 16.0 Å². The van der Waals surface area contributed by atoms with Crippen LogP contribution in [-0.2, 0) is 10.0 Å². The van der Waals surface area contributed by atoms with Crippen LogP contribution in [0.2, 0.25) is 5.02 Å². The van der Waals surface area contributed by atoms with Gasteiger partial charge in [0.25, 0.3) is 0 Å². The molecular weight excluding hydrogens is 382 g/mol. The second kappa shape index (κ2) is 7.09. The van der Waals surface area contributed by atoms with Gasteiger partial charge in [-0.15, -0.1) is 0 Å². The largest absolute Gasteiger partial charge is 0.478 e. The van der Waals surface area contributed by atoms with E-state index >= 15 is 0 Å². The lowest BCUT2D eigenvalue weighted by Gasteiger charge is -2.25. The number of hydrogen-bond donors (Lipinski definition) is 1. The molecule has 0 atom stereocenters. The summed E-state index contributed by atoms with van der Waals surface area (Å²) >= 11 is 8.98. The summed E-state index contributed by atoms with van der Waals surface area (Å²) in [6, 6.07) is 2.20. The molecule has 8 heteroatoms. The van der Waals surface area contributed by atoms with Crippen molar-refractivity contribution in [2.24, 2.45) is 0 Å². The fourth-order valence-electron chi connectivity index (χ4n) is 1.88. The summed E-state index contributed by atoms with van der Waals surface area (Å²) < 4.78 is 26.9. The molecule has 0 aromatic heterocycles. The maximum absolute atomic E-state index is 12.7. The lowest BCUT2D eigenvalue weighted by molar-refractivity contribution is 0.0696. The molecule has 0 aliphatic carbocycles. The zero-order valence-corrected chi connectivity index (χ0v) is 15.1. The summed E-state index contributed by atoms with van der Waals surface area (Å²) in [5, 5.41) is 9.10. The van der Waals surface area contributed by atoms with E-state index in [0.717, 1.165) is 6.07 Å². The average Bonchev–Trinajstić information content (AvgIpc) is 2.37. The summed E-state index contributed by atoms with van der Waals surface area (Å²) in [4.78, 5) is 11.1. The van der Waals surface area contributed by atoms with Crippen LogP contribution in [0, 0.1) is 0 Å². The number of rotatable bonds is 6. The number of aromatic carboxylic acids is 1. The summed E-state index contributed by atoms with van der Waals surface area (Å²) in [6.07, 6.45) is 0.665. The molecule has 0 amide bonds. The Morgan fingerprint density at radius 3 is 2.43 bits per heavy atom. The third-order valence-corrected chi connectivity index (χ3v) is 6.17. The van der Waals surface area contributed by atoms with Gasteiger partial charge >= 0.3 is 5.97 Å². The molecule has 0 saturated heterocycles. The van der Waals surface area contributed by atoms with Crippen LogP contribution in [0.5, 0.6) is 0 Å². The van der Waals surface area contributed by atoms with Crippen molar-refractivity contribution in [3.63, 3.8) is 0 Å². The molecule has 21 heavy (non-hydrogen) atoms. The van der Waals surface area contributed by atoms with Crippen molar-refractivity contribution in [1.82, 2.24) is 4.31 Å². The third kappa shape index (κ3) is 3.97. The molecular formula is C13H17BrClNO4S. The van der Waals surface area contributed by atoms with Gasteiger partial charge in [0.15, 0.2) is 0 Å². The van der Waals surface area contributed by atoms with Gasteiger partial charge in [-0.05, 0) is 48.3 Å². The zero-order chi connectivity index (χ0) is 16.4. The molecule has 0 fully saturated rings. The first-order chi connectivity index (χ1) is 9.62. The predicted octanol–water partition coefficient (Wildman–Crippen LogP) is 3.61. The second-order valence-corrected chi connectivity index (χ2v) is 7.90. The Balaban J connectivity index is 3.47. The highest BCUT2D eigenvalue weighted by Gasteiger charge is 2.28. The monoisotopic (exact) mass is 397 g/mol. The smallest absolute Gasteiger partial charge is 0.337 e. The molecule has 1 aromatic carbocycles. The van der Waals surface area contributed by atoms with E-state index in [1.165, 1.54) is 10.4 Å². The number of halogens is 2. The molecule has 1 aromatic rings. The first kappa shape index (κ1) is 18.4. The van der Waals surface area contributed by atoms with Crippen LogP contribution >= 0.6 is 27.5 Å². The lowest BCUT2D eigenvalue weighted by Crippen LogP contribution is -2.37. The van der Waals surface area contributed by atoms with E-state index in [1.807, 2.05) is 6.92 Å². The normalized spacial score (nSPS) is 12.1.